The number of piperidine rings is 1. The fourth-order valence-corrected chi connectivity index (χ4v) is 3.74. The lowest BCUT2D eigenvalue weighted by molar-refractivity contribution is -0.131. The van der Waals surface area contributed by atoms with Gasteiger partial charge in [-0.1, -0.05) is 28.1 Å². The SMILES string of the molecule is CC1CCCCN1C(=O)CSCc1cccc(Br)c1. The zero-order chi connectivity index (χ0) is 13.7. The molecule has 1 aromatic carbocycles. The first-order valence-corrected chi connectivity index (χ1v) is 8.73. The number of rotatable bonds is 4. The molecule has 1 aliphatic heterocycles. The van der Waals surface area contributed by atoms with E-state index >= 15 is 0 Å². The number of hydrogen-bond acceptors (Lipinski definition) is 2. The highest BCUT2D eigenvalue weighted by Gasteiger charge is 2.22. The minimum Gasteiger partial charge on any atom is -0.339 e. The Hall–Kier alpha value is -0.480. The molecule has 1 amide bonds. The molecule has 1 aliphatic rings. The second-order valence-electron chi connectivity index (χ2n) is 5.05. The number of thioether (sulfide) groups is 1. The third-order valence-electron chi connectivity index (χ3n) is 3.51. The molecule has 104 valence electrons. The summed E-state index contributed by atoms with van der Waals surface area (Å²) in [6.45, 7) is 3.10. The van der Waals surface area contributed by atoms with Crippen molar-refractivity contribution in [1.82, 2.24) is 4.90 Å². The summed E-state index contributed by atoms with van der Waals surface area (Å²) in [7, 11) is 0. The average Bonchev–Trinajstić information content (AvgIpc) is 2.39. The maximum Gasteiger partial charge on any atom is 0.232 e. The summed E-state index contributed by atoms with van der Waals surface area (Å²) in [4.78, 5) is 14.2. The summed E-state index contributed by atoms with van der Waals surface area (Å²) in [5, 5.41) is 0. The molecule has 1 atom stereocenters. The van der Waals surface area contributed by atoms with Gasteiger partial charge in [0.1, 0.15) is 0 Å². The van der Waals surface area contributed by atoms with Gasteiger partial charge < -0.3 is 4.90 Å². The van der Waals surface area contributed by atoms with Crippen molar-refractivity contribution in [2.45, 2.75) is 38.0 Å². The molecule has 0 saturated carbocycles. The third kappa shape index (κ3) is 4.53. The Balaban J connectivity index is 1.77. The van der Waals surface area contributed by atoms with E-state index in [1.165, 1.54) is 12.0 Å². The van der Waals surface area contributed by atoms with Gasteiger partial charge in [-0.3, -0.25) is 4.79 Å². The highest BCUT2D eigenvalue weighted by molar-refractivity contribution is 9.10. The predicted molar refractivity (Wildman–Crippen MR) is 85.3 cm³/mol. The lowest BCUT2D eigenvalue weighted by atomic mass is 10.0. The Bertz CT molecular complexity index is 438. The van der Waals surface area contributed by atoms with Crippen LogP contribution in [0.5, 0.6) is 0 Å². The molecule has 0 radical (unpaired) electrons. The fourth-order valence-electron chi connectivity index (χ4n) is 2.43. The van der Waals surface area contributed by atoms with E-state index in [0.717, 1.165) is 29.6 Å². The van der Waals surface area contributed by atoms with Crippen molar-refractivity contribution >= 4 is 33.6 Å². The van der Waals surface area contributed by atoms with Crippen LogP contribution >= 0.6 is 27.7 Å². The van der Waals surface area contributed by atoms with Gasteiger partial charge in [0.05, 0.1) is 5.75 Å². The normalized spacial score (nSPS) is 19.5. The Kier molecular flexibility index (Phi) is 5.76. The smallest absolute Gasteiger partial charge is 0.232 e. The quantitative estimate of drug-likeness (QED) is 0.822. The number of nitrogens with zero attached hydrogens (tertiary/aromatic N) is 1. The van der Waals surface area contributed by atoms with Crippen LogP contribution < -0.4 is 0 Å². The summed E-state index contributed by atoms with van der Waals surface area (Å²) in [5.41, 5.74) is 1.26. The Morgan fingerprint density at radius 3 is 3.05 bits per heavy atom. The van der Waals surface area contributed by atoms with Gasteiger partial charge in [-0.05, 0) is 43.9 Å². The van der Waals surface area contributed by atoms with Gasteiger partial charge in [0.2, 0.25) is 5.91 Å². The molecular formula is C15H20BrNOS. The summed E-state index contributed by atoms with van der Waals surface area (Å²) in [6, 6.07) is 8.70. The molecule has 0 bridgehead atoms. The van der Waals surface area contributed by atoms with Crippen LogP contribution in [0.25, 0.3) is 0 Å². The second-order valence-corrected chi connectivity index (χ2v) is 6.96. The van der Waals surface area contributed by atoms with E-state index in [1.54, 1.807) is 11.8 Å². The van der Waals surface area contributed by atoms with Crippen LogP contribution in [0.3, 0.4) is 0 Å². The molecule has 2 nitrogen and oxygen atoms in total. The molecule has 0 aromatic heterocycles. The number of carbonyl (C=O) groups excluding carboxylic acids is 1. The van der Waals surface area contributed by atoms with Gasteiger partial charge in [0.25, 0.3) is 0 Å². The summed E-state index contributed by atoms with van der Waals surface area (Å²) in [5.74, 6) is 1.79. The van der Waals surface area contributed by atoms with E-state index in [1.807, 2.05) is 12.1 Å². The van der Waals surface area contributed by atoms with E-state index in [-0.39, 0.29) is 0 Å². The third-order valence-corrected chi connectivity index (χ3v) is 4.99. The molecule has 1 heterocycles. The van der Waals surface area contributed by atoms with Crippen molar-refractivity contribution in [2.24, 2.45) is 0 Å². The number of halogens is 1. The maximum atomic E-state index is 12.2. The van der Waals surface area contributed by atoms with Gasteiger partial charge in [-0.25, -0.2) is 0 Å². The van der Waals surface area contributed by atoms with Crippen molar-refractivity contribution in [3.05, 3.63) is 34.3 Å². The predicted octanol–water partition coefficient (Wildman–Crippen LogP) is 4.08. The van der Waals surface area contributed by atoms with Crippen molar-refractivity contribution < 1.29 is 4.79 Å². The lowest BCUT2D eigenvalue weighted by Gasteiger charge is -2.33. The van der Waals surface area contributed by atoms with Gasteiger partial charge in [-0.2, -0.15) is 0 Å². The number of carbonyl (C=O) groups is 1. The Morgan fingerprint density at radius 1 is 1.47 bits per heavy atom. The van der Waals surface area contributed by atoms with Gasteiger partial charge in [0.15, 0.2) is 0 Å². The van der Waals surface area contributed by atoms with E-state index in [9.17, 15) is 4.79 Å². The fraction of sp³-hybridized carbons (Fsp3) is 0.533. The molecular weight excluding hydrogens is 322 g/mol. The Morgan fingerprint density at radius 2 is 2.32 bits per heavy atom. The number of amides is 1. The molecule has 1 saturated heterocycles. The van der Waals surface area contributed by atoms with Crippen LogP contribution in [0.1, 0.15) is 31.7 Å². The molecule has 1 unspecified atom stereocenters. The molecule has 2 rings (SSSR count). The molecule has 0 spiro atoms. The van der Waals surface area contributed by atoms with Crippen LogP contribution in [-0.4, -0.2) is 29.1 Å². The van der Waals surface area contributed by atoms with Gasteiger partial charge in [-0.15, -0.1) is 11.8 Å². The van der Waals surface area contributed by atoms with E-state index < -0.39 is 0 Å². The number of likely N-dealkylation sites (tertiary alicyclic amines) is 1. The Labute approximate surface area is 128 Å². The van der Waals surface area contributed by atoms with Crippen molar-refractivity contribution in [3.8, 4) is 0 Å². The van der Waals surface area contributed by atoms with E-state index in [0.29, 0.717) is 17.7 Å². The second kappa shape index (κ2) is 7.34. The van der Waals surface area contributed by atoms with Crippen molar-refractivity contribution in [3.63, 3.8) is 0 Å². The van der Waals surface area contributed by atoms with Gasteiger partial charge in [0, 0.05) is 22.8 Å². The highest BCUT2D eigenvalue weighted by atomic mass is 79.9. The average molecular weight is 342 g/mol. The maximum absolute atomic E-state index is 12.2. The summed E-state index contributed by atoms with van der Waals surface area (Å²) < 4.78 is 1.10. The topological polar surface area (TPSA) is 20.3 Å². The first kappa shape index (κ1) is 14.9. The first-order valence-electron chi connectivity index (χ1n) is 6.78. The van der Waals surface area contributed by atoms with Crippen molar-refractivity contribution in [2.75, 3.05) is 12.3 Å². The standard InChI is InChI=1S/C15H20BrNOS/c1-12-5-2-3-8-17(12)15(18)11-19-10-13-6-4-7-14(16)9-13/h4,6-7,9,12H,2-3,5,8,10-11H2,1H3. The molecule has 0 N–H and O–H groups in total. The minimum atomic E-state index is 0.298. The van der Waals surface area contributed by atoms with Crippen LogP contribution in [0.2, 0.25) is 0 Å². The number of benzene rings is 1. The molecule has 19 heavy (non-hydrogen) atoms. The molecule has 1 fully saturated rings. The number of hydrogen-bond donors (Lipinski definition) is 0. The van der Waals surface area contributed by atoms with E-state index in [4.69, 9.17) is 0 Å². The molecule has 4 heteroatoms. The zero-order valence-corrected chi connectivity index (χ0v) is 13.7. The molecule has 0 aliphatic carbocycles. The van der Waals surface area contributed by atoms with Crippen molar-refractivity contribution in [1.29, 1.82) is 0 Å². The van der Waals surface area contributed by atoms with Crippen LogP contribution in [0.4, 0.5) is 0 Å². The highest BCUT2D eigenvalue weighted by Crippen LogP contribution is 2.20. The summed E-state index contributed by atoms with van der Waals surface area (Å²) in [6.07, 6.45) is 3.57. The largest absolute Gasteiger partial charge is 0.339 e. The lowest BCUT2D eigenvalue weighted by Crippen LogP contribution is -2.42. The van der Waals surface area contributed by atoms with Crippen LogP contribution in [0.15, 0.2) is 28.7 Å². The van der Waals surface area contributed by atoms with Crippen LogP contribution in [0, 0.1) is 0 Å². The first-order chi connectivity index (χ1) is 9.16. The van der Waals surface area contributed by atoms with Gasteiger partial charge >= 0.3 is 0 Å². The van der Waals surface area contributed by atoms with E-state index in [2.05, 4.69) is 39.9 Å². The summed E-state index contributed by atoms with van der Waals surface area (Å²) >= 11 is 5.18. The molecule has 1 aromatic rings. The monoisotopic (exact) mass is 341 g/mol. The minimum absolute atomic E-state index is 0.298. The zero-order valence-electron chi connectivity index (χ0n) is 11.3. The van der Waals surface area contributed by atoms with Crippen LogP contribution in [-0.2, 0) is 10.5 Å².